The molecule has 8 N–H and O–H groups in total. The van der Waals surface area contributed by atoms with Crippen LogP contribution in [0.2, 0.25) is 0 Å². The minimum atomic E-state index is -2.40. The minimum Gasteiger partial charge on any atom is -0.479 e. The van der Waals surface area contributed by atoms with Gasteiger partial charge in [-0.3, -0.25) is 28.8 Å². The second-order valence-electron chi connectivity index (χ2n) is 12.4. The highest BCUT2D eigenvalue weighted by atomic mass is 16.8. The molecule has 3 saturated heterocycles. The lowest BCUT2D eigenvalue weighted by Gasteiger charge is -2.49. The number of nitrogens with one attached hydrogen (secondary N) is 3. The van der Waals surface area contributed by atoms with Crippen molar-refractivity contribution in [2.24, 2.45) is 0 Å². The normalized spacial score (nSPS) is 35.9. The number of aliphatic carboxylic acids is 3. The van der Waals surface area contributed by atoms with E-state index in [-0.39, 0.29) is 0 Å². The van der Waals surface area contributed by atoms with E-state index in [1.807, 2.05) is 0 Å². The van der Waals surface area contributed by atoms with Gasteiger partial charge >= 0.3 is 35.8 Å². The number of aliphatic hydroxyl groups excluding tert-OH is 2. The number of esters is 3. The van der Waals surface area contributed by atoms with Gasteiger partial charge in [0.05, 0.1) is 0 Å². The molecule has 15 atom stereocenters. The fourth-order valence-electron chi connectivity index (χ4n) is 6.14. The van der Waals surface area contributed by atoms with Crippen LogP contribution in [0.3, 0.4) is 0 Å². The fraction of sp³-hybridized carbons (Fsp3) is 0.700. The quantitative estimate of drug-likeness (QED) is 0.0638. The number of carboxylic acids is 3. The molecule has 55 heavy (non-hydrogen) atoms. The zero-order valence-corrected chi connectivity index (χ0v) is 29.8. The molecule has 3 heterocycles. The van der Waals surface area contributed by atoms with Gasteiger partial charge in [0.2, 0.25) is 17.7 Å². The van der Waals surface area contributed by atoms with E-state index in [0.29, 0.717) is 0 Å². The van der Waals surface area contributed by atoms with Crippen molar-refractivity contribution in [2.45, 2.75) is 133 Å². The monoisotopic (exact) mass is 795 g/mol. The van der Waals surface area contributed by atoms with Crippen LogP contribution in [0.5, 0.6) is 0 Å². The molecule has 0 spiro atoms. The van der Waals surface area contributed by atoms with Crippen LogP contribution in [0.25, 0.3) is 0 Å². The first-order chi connectivity index (χ1) is 25.5. The Morgan fingerprint density at radius 3 is 1.16 bits per heavy atom. The van der Waals surface area contributed by atoms with Crippen LogP contribution in [-0.4, -0.2) is 171 Å². The van der Waals surface area contributed by atoms with E-state index >= 15 is 0 Å². The molecule has 3 fully saturated rings. The second-order valence-corrected chi connectivity index (χ2v) is 12.4. The van der Waals surface area contributed by atoms with Gasteiger partial charge in [-0.15, -0.1) is 0 Å². The number of ether oxygens (including phenoxy) is 8. The summed E-state index contributed by atoms with van der Waals surface area (Å²) in [6, 6.07) is -5.41. The van der Waals surface area contributed by atoms with E-state index in [1.165, 1.54) is 0 Å². The van der Waals surface area contributed by atoms with Crippen molar-refractivity contribution in [3.8, 4) is 0 Å². The number of amides is 3. The summed E-state index contributed by atoms with van der Waals surface area (Å²) >= 11 is 0. The van der Waals surface area contributed by atoms with Crippen LogP contribution in [0.4, 0.5) is 0 Å². The standard InChI is InChI=1S/C30H41N3O22/c1-7(34)31-13-18(49-11(5)38)21(23(26(43)44)51-28(13)47)53-30-15(33-9(3)36)19(50-12(6)39)22(24(55-30)27(45)46)54-29-14(32-8(2)35)17(48-10(4)37)16(40)20(52-29)25(41)42/h13-24,28-30,40,47H,1-6H3,(H,31,34)(H,32,35)(H,33,36)(H,41,42)(H,43,44)(H,45,46)/t13-,14-,15-,16-,17-,18-,19-,20+,21-,22-,23+,24+,28+,29-,30+/m1/s1. The number of hydrogen-bond donors (Lipinski definition) is 8. The summed E-state index contributed by atoms with van der Waals surface area (Å²) in [5.74, 6) is -11.5. The van der Waals surface area contributed by atoms with Gasteiger partial charge in [0.25, 0.3) is 0 Å². The Morgan fingerprint density at radius 2 is 0.782 bits per heavy atom. The summed E-state index contributed by atoms with van der Waals surface area (Å²) in [4.78, 5) is 111. The molecule has 0 aromatic carbocycles. The Balaban J connectivity index is 2.20. The third kappa shape index (κ3) is 11.0. The Morgan fingerprint density at radius 1 is 0.455 bits per heavy atom. The van der Waals surface area contributed by atoms with E-state index in [1.54, 1.807) is 0 Å². The summed E-state index contributed by atoms with van der Waals surface area (Å²) in [5, 5.41) is 58.2. The van der Waals surface area contributed by atoms with Crippen molar-refractivity contribution in [1.29, 1.82) is 0 Å². The third-order valence-electron chi connectivity index (χ3n) is 8.02. The molecule has 25 nitrogen and oxygen atoms in total. The van der Waals surface area contributed by atoms with Crippen molar-refractivity contribution < 1.29 is 107 Å². The topological polar surface area (TPSA) is 365 Å². The zero-order chi connectivity index (χ0) is 41.6. The second kappa shape index (κ2) is 18.5. The molecule has 0 bridgehead atoms. The van der Waals surface area contributed by atoms with Crippen LogP contribution >= 0.6 is 0 Å². The Hall–Kier alpha value is -5.05. The lowest BCUT2D eigenvalue weighted by molar-refractivity contribution is -0.342. The summed E-state index contributed by atoms with van der Waals surface area (Å²) < 4.78 is 43.7. The van der Waals surface area contributed by atoms with Gasteiger partial charge in [-0.2, -0.15) is 0 Å². The van der Waals surface area contributed by atoms with Crippen LogP contribution in [0.15, 0.2) is 0 Å². The number of hydrogen-bond acceptors (Lipinski definition) is 19. The first-order valence-corrected chi connectivity index (χ1v) is 16.2. The fourth-order valence-corrected chi connectivity index (χ4v) is 6.14. The first-order valence-electron chi connectivity index (χ1n) is 16.2. The van der Waals surface area contributed by atoms with Crippen molar-refractivity contribution in [3.05, 3.63) is 0 Å². The van der Waals surface area contributed by atoms with Crippen molar-refractivity contribution in [2.75, 3.05) is 0 Å². The Bertz CT molecular complexity index is 1520. The van der Waals surface area contributed by atoms with Crippen molar-refractivity contribution >= 4 is 53.5 Å². The summed E-state index contributed by atoms with van der Waals surface area (Å²) in [6.45, 7) is 5.53. The molecule has 3 amide bonds. The molecular formula is C30H41N3O22. The number of carbonyl (C=O) groups excluding carboxylic acids is 6. The van der Waals surface area contributed by atoms with Crippen LogP contribution in [-0.2, 0) is 81.0 Å². The van der Waals surface area contributed by atoms with Gasteiger partial charge in [0.1, 0.15) is 36.4 Å². The number of carbonyl (C=O) groups is 9. The maximum absolute atomic E-state index is 12.8. The number of carboxylic acid groups (broad SMARTS) is 3. The van der Waals surface area contributed by atoms with Gasteiger partial charge in [0, 0.05) is 41.5 Å². The smallest absolute Gasteiger partial charge is 0.335 e. The molecule has 0 aromatic heterocycles. The summed E-state index contributed by atoms with van der Waals surface area (Å²) in [7, 11) is 0. The lowest BCUT2D eigenvalue weighted by Crippen LogP contribution is -2.72. The molecule has 0 unspecified atom stereocenters. The molecule has 0 saturated carbocycles. The predicted molar refractivity (Wildman–Crippen MR) is 166 cm³/mol. The molecule has 25 heteroatoms. The molecule has 3 aliphatic heterocycles. The molecule has 0 aromatic rings. The SMILES string of the molecule is CC(=O)N[C@@H]1[C@@H](OC(C)=O)[C@@H](O[C@H]2O[C@H](C(=O)O)[C@H](O[C@H]3O[C@H](C(=O)O)[C@H](O)[C@H](OC(C)=O)[C@H]3NC(C)=O)[C@H](OC(C)=O)[C@H]2NC(C)=O)[C@@H](C(=O)O)O[C@@H]1O. The molecule has 0 radical (unpaired) electrons. The number of aliphatic hydroxyl groups is 2. The van der Waals surface area contributed by atoms with Crippen LogP contribution in [0.1, 0.15) is 41.5 Å². The average molecular weight is 796 g/mol. The third-order valence-corrected chi connectivity index (χ3v) is 8.02. The molecule has 3 rings (SSSR count). The highest BCUT2D eigenvalue weighted by Crippen LogP contribution is 2.35. The highest BCUT2D eigenvalue weighted by Gasteiger charge is 2.59. The van der Waals surface area contributed by atoms with Gasteiger partial charge in [0.15, 0.2) is 55.5 Å². The summed E-state index contributed by atoms with van der Waals surface area (Å²) in [5.41, 5.74) is 0. The van der Waals surface area contributed by atoms with Crippen LogP contribution in [0, 0.1) is 0 Å². The minimum absolute atomic E-state index is 0.820. The number of rotatable bonds is 13. The molecule has 3 aliphatic rings. The van der Waals surface area contributed by atoms with Gasteiger partial charge in [-0.05, 0) is 0 Å². The van der Waals surface area contributed by atoms with Gasteiger partial charge < -0.3 is 79.4 Å². The zero-order valence-electron chi connectivity index (χ0n) is 29.8. The van der Waals surface area contributed by atoms with E-state index in [9.17, 15) is 68.7 Å². The maximum Gasteiger partial charge on any atom is 0.335 e. The van der Waals surface area contributed by atoms with Gasteiger partial charge in [-0.1, -0.05) is 0 Å². The van der Waals surface area contributed by atoms with Crippen molar-refractivity contribution in [3.63, 3.8) is 0 Å². The average Bonchev–Trinajstić information content (AvgIpc) is 3.03. The van der Waals surface area contributed by atoms with E-state index < -0.39 is 145 Å². The lowest BCUT2D eigenvalue weighted by atomic mass is 9.93. The van der Waals surface area contributed by atoms with E-state index in [4.69, 9.17) is 37.9 Å². The highest BCUT2D eigenvalue weighted by molar-refractivity contribution is 5.77. The summed E-state index contributed by atoms with van der Waals surface area (Å²) in [6.07, 6.45) is -25.7. The maximum atomic E-state index is 12.8. The van der Waals surface area contributed by atoms with E-state index in [0.717, 1.165) is 41.5 Å². The largest absolute Gasteiger partial charge is 0.479 e. The van der Waals surface area contributed by atoms with E-state index in [2.05, 4.69) is 16.0 Å². The van der Waals surface area contributed by atoms with Crippen molar-refractivity contribution in [1.82, 2.24) is 16.0 Å². The molecular weight excluding hydrogens is 754 g/mol. The predicted octanol–water partition coefficient (Wildman–Crippen LogP) is -5.15. The Kier molecular flexibility index (Phi) is 14.9. The van der Waals surface area contributed by atoms with Crippen LogP contribution < -0.4 is 16.0 Å². The Labute approximate surface area is 309 Å². The first kappa shape index (κ1) is 44.3. The van der Waals surface area contributed by atoms with Gasteiger partial charge in [-0.25, -0.2) is 14.4 Å². The molecule has 0 aliphatic carbocycles. The molecule has 308 valence electrons.